The Bertz CT molecular complexity index is 823. The van der Waals surface area contributed by atoms with E-state index in [0.717, 1.165) is 0 Å². The number of nitrogens with zero attached hydrogens (tertiary/aromatic N) is 2. The van der Waals surface area contributed by atoms with Crippen LogP contribution in [0.25, 0.3) is 0 Å². The van der Waals surface area contributed by atoms with Crippen LogP contribution in [0.1, 0.15) is 18.1 Å². The fourth-order valence-electron chi connectivity index (χ4n) is 1.95. The molecule has 0 atom stereocenters. The third-order valence-electron chi connectivity index (χ3n) is 3.30. The molecule has 2 rings (SSSR count). The first-order valence-electron chi connectivity index (χ1n) is 7.37. The van der Waals surface area contributed by atoms with Gasteiger partial charge >= 0.3 is 0 Å². The summed E-state index contributed by atoms with van der Waals surface area (Å²) in [4.78, 5) is 11.8. The number of hydrogen-bond acceptors (Lipinski definition) is 6. The van der Waals surface area contributed by atoms with Crippen LogP contribution < -0.4 is 14.9 Å². The number of phenolic OH excluding ortho intramolecular Hbond substituents is 1. The van der Waals surface area contributed by atoms with Gasteiger partial charge in [0.1, 0.15) is 17.2 Å². The van der Waals surface area contributed by atoms with Crippen LogP contribution in [0.4, 0.5) is 0 Å². The summed E-state index contributed by atoms with van der Waals surface area (Å²) in [5.41, 5.74) is 3.74. The van der Waals surface area contributed by atoms with E-state index in [0.29, 0.717) is 28.3 Å². The molecule has 7 nitrogen and oxygen atoms in total. The normalized spacial score (nSPS) is 10.7. The van der Waals surface area contributed by atoms with Crippen molar-refractivity contribution in [2.45, 2.75) is 6.92 Å². The molecule has 0 spiro atoms. The second kappa shape index (κ2) is 8.36. The number of methoxy groups -OCH3 is 1. The number of nitrogens with one attached hydrogen (secondary N) is 1. The first kappa shape index (κ1) is 17.8. The van der Waals surface area contributed by atoms with Gasteiger partial charge in [-0.1, -0.05) is 0 Å². The fourth-order valence-corrected chi connectivity index (χ4v) is 1.95. The standard InChI is InChI=1S/C18H17N3O4/c1-12(16-9-15(24-2)7-8-17(16)22)20-21-18(23)11-25-14-5-3-13(10-19)4-6-14/h3-9,22H,11H2,1-2H3,(H,21,23)/b20-12+. The number of nitriles is 1. The van der Waals surface area contributed by atoms with E-state index in [-0.39, 0.29) is 12.4 Å². The monoisotopic (exact) mass is 339 g/mol. The van der Waals surface area contributed by atoms with Crippen LogP contribution in [0.5, 0.6) is 17.2 Å². The van der Waals surface area contributed by atoms with Gasteiger partial charge in [-0.05, 0) is 49.4 Å². The van der Waals surface area contributed by atoms with Crippen molar-refractivity contribution in [1.82, 2.24) is 5.43 Å². The molecule has 128 valence electrons. The van der Waals surface area contributed by atoms with Gasteiger partial charge in [0.25, 0.3) is 5.91 Å². The number of phenols is 1. The Hall–Kier alpha value is -3.53. The third kappa shape index (κ3) is 4.97. The Morgan fingerprint density at radius 2 is 1.92 bits per heavy atom. The quantitative estimate of drug-likeness (QED) is 0.620. The van der Waals surface area contributed by atoms with Gasteiger partial charge < -0.3 is 14.6 Å². The molecule has 7 heteroatoms. The first-order valence-corrected chi connectivity index (χ1v) is 7.37. The summed E-state index contributed by atoms with van der Waals surface area (Å²) in [6.45, 7) is 1.42. The zero-order chi connectivity index (χ0) is 18.2. The van der Waals surface area contributed by atoms with Crippen molar-refractivity contribution in [3.05, 3.63) is 53.6 Å². The van der Waals surface area contributed by atoms with E-state index in [1.807, 2.05) is 6.07 Å². The predicted molar refractivity (Wildman–Crippen MR) is 91.7 cm³/mol. The van der Waals surface area contributed by atoms with Gasteiger partial charge in [0.15, 0.2) is 6.61 Å². The van der Waals surface area contributed by atoms with Crippen LogP contribution in [0.3, 0.4) is 0 Å². The Kier molecular flexibility index (Phi) is 5.96. The highest BCUT2D eigenvalue weighted by Crippen LogP contribution is 2.23. The largest absolute Gasteiger partial charge is 0.507 e. The van der Waals surface area contributed by atoms with E-state index in [1.165, 1.54) is 13.2 Å². The minimum atomic E-state index is -0.453. The zero-order valence-corrected chi connectivity index (χ0v) is 13.8. The molecular weight excluding hydrogens is 322 g/mol. The maximum atomic E-state index is 11.8. The number of hydrogen-bond donors (Lipinski definition) is 2. The Morgan fingerprint density at radius 3 is 2.56 bits per heavy atom. The van der Waals surface area contributed by atoms with E-state index >= 15 is 0 Å². The zero-order valence-electron chi connectivity index (χ0n) is 13.8. The minimum Gasteiger partial charge on any atom is -0.507 e. The second-order valence-corrected chi connectivity index (χ2v) is 5.04. The van der Waals surface area contributed by atoms with Crippen LogP contribution in [-0.2, 0) is 4.79 Å². The Labute approximate surface area is 145 Å². The molecule has 0 unspecified atom stereocenters. The molecule has 25 heavy (non-hydrogen) atoms. The van der Waals surface area contributed by atoms with Crippen molar-refractivity contribution < 1.29 is 19.4 Å². The third-order valence-corrected chi connectivity index (χ3v) is 3.30. The molecule has 0 aliphatic carbocycles. The summed E-state index contributed by atoms with van der Waals surface area (Å²) in [5.74, 6) is 0.620. The van der Waals surface area contributed by atoms with Crippen molar-refractivity contribution in [1.29, 1.82) is 5.26 Å². The molecule has 0 fully saturated rings. The van der Waals surface area contributed by atoms with Crippen molar-refractivity contribution >= 4 is 11.6 Å². The molecule has 0 aliphatic rings. The summed E-state index contributed by atoms with van der Waals surface area (Å²) < 4.78 is 10.4. The molecule has 2 N–H and O–H groups in total. The molecular formula is C18H17N3O4. The lowest BCUT2D eigenvalue weighted by Gasteiger charge is -2.08. The van der Waals surface area contributed by atoms with Gasteiger partial charge in [-0.2, -0.15) is 10.4 Å². The highest BCUT2D eigenvalue weighted by molar-refractivity contribution is 6.01. The van der Waals surface area contributed by atoms with Crippen molar-refractivity contribution in [2.75, 3.05) is 13.7 Å². The predicted octanol–water partition coefficient (Wildman–Crippen LogP) is 2.19. The van der Waals surface area contributed by atoms with Crippen LogP contribution >= 0.6 is 0 Å². The molecule has 0 radical (unpaired) electrons. The van der Waals surface area contributed by atoms with Gasteiger partial charge in [0.05, 0.1) is 24.5 Å². The first-order chi connectivity index (χ1) is 12.0. The van der Waals surface area contributed by atoms with E-state index in [9.17, 15) is 9.90 Å². The average Bonchev–Trinajstić information content (AvgIpc) is 2.65. The molecule has 0 aromatic heterocycles. The molecule has 0 saturated carbocycles. The number of aromatic hydroxyl groups is 1. The number of amides is 1. The highest BCUT2D eigenvalue weighted by Gasteiger charge is 2.08. The van der Waals surface area contributed by atoms with Crippen molar-refractivity contribution in [2.24, 2.45) is 5.10 Å². The number of hydrazone groups is 1. The summed E-state index contributed by atoms with van der Waals surface area (Å²) in [7, 11) is 1.52. The molecule has 0 heterocycles. The number of carbonyl (C=O) groups excluding carboxylic acids is 1. The van der Waals surface area contributed by atoms with Crippen LogP contribution in [0.15, 0.2) is 47.6 Å². The van der Waals surface area contributed by atoms with Gasteiger partial charge in [0.2, 0.25) is 0 Å². The van der Waals surface area contributed by atoms with Gasteiger partial charge in [0, 0.05) is 5.56 Å². The molecule has 2 aromatic carbocycles. The van der Waals surface area contributed by atoms with E-state index < -0.39 is 5.91 Å². The van der Waals surface area contributed by atoms with Crippen LogP contribution in [0, 0.1) is 11.3 Å². The van der Waals surface area contributed by atoms with Crippen LogP contribution in [0.2, 0.25) is 0 Å². The van der Waals surface area contributed by atoms with Gasteiger partial charge in [-0.3, -0.25) is 4.79 Å². The summed E-state index contributed by atoms with van der Waals surface area (Å²) in [6.07, 6.45) is 0. The lowest BCUT2D eigenvalue weighted by atomic mass is 10.1. The topological polar surface area (TPSA) is 104 Å². The lowest BCUT2D eigenvalue weighted by molar-refractivity contribution is -0.123. The number of carbonyl (C=O) groups is 1. The minimum absolute atomic E-state index is 0.0325. The van der Waals surface area contributed by atoms with Crippen molar-refractivity contribution in [3.63, 3.8) is 0 Å². The maximum Gasteiger partial charge on any atom is 0.277 e. The number of ether oxygens (including phenoxy) is 2. The van der Waals surface area contributed by atoms with Crippen molar-refractivity contribution in [3.8, 4) is 23.3 Å². The average molecular weight is 339 g/mol. The molecule has 0 bridgehead atoms. The molecule has 2 aromatic rings. The second-order valence-electron chi connectivity index (χ2n) is 5.04. The number of benzene rings is 2. The van der Waals surface area contributed by atoms with Gasteiger partial charge in [-0.15, -0.1) is 0 Å². The molecule has 0 aliphatic heterocycles. The summed E-state index contributed by atoms with van der Waals surface area (Å²) in [6, 6.07) is 13.1. The van der Waals surface area contributed by atoms with E-state index in [4.69, 9.17) is 14.7 Å². The Morgan fingerprint density at radius 1 is 1.24 bits per heavy atom. The SMILES string of the molecule is COc1ccc(O)c(/C(C)=N/NC(=O)COc2ccc(C#N)cc2)c1. The highest BCUT2D eigenvalue weighted by atomic mass is 16.5. The number of rotatable bonds is 6. The van der Waals surface area contributed by atoms with Gasteiger partial charge in [-0.25, -0.2) is 5.43 Å². The Balaban J connectivity index is 1.93. The summed E-state index contributed by atoms with van der Waals surface area (Å²) in [5, 5.41) is 22.5. The summed E-state index contributed by atoms with van der Waals surface area (Å²) >= 11 is 0. The molecule has 1 amide bonds. The fraction of sp³-hybridized carbons (Fsp3) is 0.167. The van der Waals surface area contributed by atoms with Crippen LogP contribution in [-0.4, -0.2) is 30.4 Å². The van der Waals surface area contributed by atoms with E-state index in [1.54, 1.807) is 43.3 Å². The maximum absolute atomic E-state index is 11.8. The smallest absolute Gasteiger partial charge is 0.277 e. The molecule has 0 saturated heterocycles. The van der Waals surface area contributed by atoms with E-state index in [2.05, 4.69) is 10.5 Å². The lowest BCUT2D eigenvalue weighted by Crippen LogP contribution is -2.25.